The molecule has 1 saturated carbocycles. The minimum absolute atomic E-state index is 0.0474. The lowest BCUT2D eigenvalue weighted by Gasteiger charge is -2.47. The minimum Gasteiger partial charge on any atom is -0.386 e. The molecule has 106 valence electrons. The molecular formula is C14H16N2O4. The van der Waals surface area contributed by atoms with Gasteiger partial charge in [-0.3, -0.25) is 14.9 Å². The number of aliphatic hydroxyl groups is 1. The largest absolute Gasteiger partial charge is 0.386 e. The third-order valence-electron chi connectivity index (χ3n) is 4.21. The van der Waals surface area contributed by atoms with E-state index in [9.17, 15) is 20.0 Å². The zero-order chi connectivity index (χ0) is 14.5. The maximum Gasteiger partial charge on any atom is 0.273 e. The molecule has 2 aliphatic rings. The lowest BCUT2D eigenvalue weighted by molar-refractivity contribution is -0.385. The number of hydrogen-bond donors (Lipinski definition) is 1. The standard InChI is InChI=1S/C14H16N2O4/c1-9-2-3-10(6-12(9)16(19)20)13(17)15-7-14(18,8-15)11-4-5-11/h2-3,6,11,18H,4-5,7-8H2,1H3. The Bertz CT molecular complexity index is 589. The predicted octanol–water partition coefficient (Wildman–Crippen LogP) is 1.50. The Morgan fingerprint density at radius 1 is 1.45 bits per heavy atom. The molecule has 6 nitrogen and oxygen atoms in total. The van der Waals surface area contributed by atoms with Gasteiger partial charge < -0.3 is 10.0 Å². The molecule has 0 spiro atoms. The van der Waals surface area contributed by atoms with Crippen molar-refractivity contribution in [2.75, 3.05) is 13.1 Å². The highest BCUT2D eigenvalue weighted by atomic mass is 16.6. The summed E-state index contributed by atoms with van der Waals surface area (Å²) in [6, 6.07) is 4.49. The van der Waals surface area contributed by atoms with Crippen molar-refractivity contribution in [3.8, 4) is 0 Å². The van der Waals surface area contributed by atoms with Crippen LogP contribution in [0.25, 0.3) is 0 Å². The van der Waals surface area contributed by atoms with Crippen LogP contribution >= 0.6 is 0 Å². The molecule has 3 rings (SSSR count). The van der Waals surface area contributed by atoms with E-state index in [1.165, 1.54) is 6.07 Å². The van der Waals surface area contributed by atoms with Crippen molar-refractivity contribution in [1.82, 2.24) is 4.90 Å². The van der Waals surface area contributed by atoms with E-state index < -0.39 is 10.5 Å². The Morgan fingerprint density at radius 2 is 2.10 bits per heavy atom. The summed E-state index contributed by atoms with van der Waals surface area (Å²) in [5, 5.41) is 21.1. The zero-order valence-corrected chi connectivity index (χ0v) is 11.2. The zero-order valence-electron chi connectivity index (χ0n) is 11.2. The number of nitro groups is 1. The summed E-state index contributed by atoms with van der Waals surface area (Å²) < 4.78 is 0. The topological polar surface area (TPSA) is 83.7 Å². The average Bonchev–Trinajstić information content (AvgIpc) is 3.19. The van der Waals surface area contributed by atoms with E-state index >= 15 is 0 Å². The van der Waals surface area contributed by atoms with Gasteiger partial charge in [-0.15, -0.1) is 0 Å². The van der Waals surface area contributed by atoms with Crippen LogP contribution < -0.4 is 0 Å². The van der Waals surface area contributed by atoms with Crippen molar-refractivity contribution < 1.29 is 14.8 Å². The normalized spacial score (nSPS) is 20.4. The second-order valence-electron chi connectivity index (χ2n) is 5.80. The van der Waals surface area contributed by atoms with Gasteiger partial charge in [0.1, 0.15) is 5.60 Å². The second-order valence-corrected chi connectivity index (χ2v) is 5.80. The first-order chi connectivity index (χ1) is 9.40. The van der Waals surface area contributed by atoms with E-state index in [2.05, 4.69) is 0 Å². The van der Waals surface area contributed by atoms with Crippen LogP contribution in [0.15, 0.2) is 18.2 Å². The summed E-state index contributed by atoms with van der Waals surface area (Å²) in [7, 11) is 0. The minimum atomic E-state index is -0.730. The van der Waals surface area contributed by atoms with Crippen LogP contribution in [0.2, 0.25) is 0 Å². The Hall–Kier alpha value is -1.95. The summed E-state index contributed by atoms with van der Waals surface area (Å²) >= 11 is 0. The van der Waals surface area contributed by atoms with Crippen molar-refractivity contribution >= 4 is 11.6 Å². The third-order valence-corrected chi connectivity index (χ3v) is 4.21. The maximum atomic E-state index is 12.2. The maximum absolute atomic E-state index is 12.2. The van der Waals surface area contributed by atoms with Crippen LogP contribution in [0.5, 0.6) is 0 Å². The fourth-order valence-electron chi connectivity index (χ4n) is 2.76. The number of likely N-dealkylation sites (tertiary alicyclic amines) is 1. The quantitative estimate of drug-likeness (QED) is 0.669. The van der Waals surface area contributed by atoms with Crippen LogP contribution in [-0.4, -0.2) is 39.5 Å². The van der Waals surface area contributed by atoms with Crippen molar-refractivity contribution in [3.63, 3.8) is 0 Å². The number of benzene rings is 1. The van der Waals surface area contributed by atoms with E-state index in [1.54, 1.807) is 24.0 Å². The van der Waals surface area contributed by atoms with Gasteiger partial charge in [-0.25, -0.2) is 0 Å². The number of nitrogens with zero attached hydrogens (tertiary/aromatic N) is 2. The van der Waals surface area contributed by atoms with E-state index in [-0.39, 0.29) is 11.6 Å². The average molecular weight is 276 g/mol. The molecule has 0 bridgehead atoms. The fourth-order valence-corrected chi connectivity index (χ4v) is 2.76. The molecule has 0 radical (unpaired) electrons. The SMILES string of the molecule is Cc1ccc(C(=O)N2CC(O)(C3CC3)C2)cc1[N+](=O)[O-]. The molecule has 1 aliphatic heterocycles. The second kappa shape index (κ2) is 4.28. The summed E-state index contributed by atoms with van der Waals surface area (Å²) in [4.78, 5) is 24.2. The first-order valence-electron chi connectivity index (χ1n) is 6.67. The Balaban J connectivity index is 1.75. The molecule has 1 saturated heterocycles. The van der Waals surface area contributed by atoms with Crippen LogP contribution in [0.1, 0.15) is 28.8 Å². The monoisotopic (exact) mass is 276 g/mol. The van der Waals surface area contributed by atoms with Gasteiger partial charge in [-0.05, 0) is 31.7 Å². The number of rotatable bonds is 3. The van der Waals surface area contributed by atoms with Gasteiger partial charge in [0, 0.05) is 17.2 Å². The van der Waals surface area contributed by atoms with Gasteiger partial charge in [0.15, 0.2) is 0 Å². The van der Waals surface area contributed by atoms with E-state index in [0.717, 1.165) is 12.8 Å². The van der Waals surface area contributed by atoms with Gasteiger partial charge in [0.05, 0.1) is 18.0 Å². The molecule has 20 heavy (non-hydrogen) atoms. The molecule has 1 heterocycles. The summed E-state index contributed by atoms with van der Waals surface area (Å²) in [6.07, 6.45) is 2.04. The molecule has 1 aromatic rings. The number of carbonyl (C=O) groups excluding carboxylic acids is 1. The predicted molar refractivity (Wildman–Crippen MR) is 71.4 cm³/mol. The Morgan fingerprint density at radius 3 is 2.65 bits per heavy atom. The third kappa shape index (κ3) is 2.06. The first kappa shape index (κ1) is 13.1. The number of β-amino-alcohol motifs (C(OH)–C–C–N with tert-alkyl or cyclic N) is 1. The number of carbonyl (C=O) groups is 1. The number of amides is 1. The van der Waals surface area contributed by atoms with E-state index in [4.69, 9.17) is 0 Å². The summed E-state index contributed by atoms with van der Waals surface area (Å²) in [6.45, 7) is 2.30. The van der Waals surface area contributed by atoms with Crippen molar-refractivity contribution in [3.05, 3.63) is 39.4 Å². The molecule has 2 fully saturated rings. The first-order valence-corrected chi connectivity index (χ1v) is 6.67. The lowest BCUT2D eigenvalue weighted by Crippen LogP contribution is -2.64. The van der Waals surface area contributed by atoms with Crippen molar-refractivity contribution in [2.45, 2.75) is 25.4 Å². The highest BCUT2D eigenvalue weighted by Gasteiger charge is 2.53. The summed E-state index contributed by atoms with van der Waals surface area (Å²) in [5.41, 5.74) is 0.0605. The van der Waals surface area contributed by atoms with E-state index in [0.29, 0.717) is 30.1 Å². The molecule has 0 aromatic heterocycles. The lowest BCUT2D eigenvalue weighted by atomic mass is 9.88. The molecule has 0 unspecified atom stereocenters. The number of hydrogen-bond acceptors (Lipinski definition) is 4. The van der Waals surface area contributed by atoms with Gasteiger partial charge in [-0.1, -0.05) is 6.07 Å². The molecule has 1 aliphatic carbocycles. The molecule has 1 aromatic carbocycles. The van der Waals surface area contributed by atoms with Gasteiger partial charge in [0.25, 0.3) is 11.6 Å². The van der Waals surface area contributed by atoms with Crippen molar-refractivity contribution in [2.24, 2.45) is 5.92 Å². The molecule has 6 heteroatoms. The van der Waals surface area contributed by atoms with E-state index in [1.807, 2.05) is 0 Å². The molecule has 1 amide bonds. The van der Waals surface area contributed by atoms with Crippen LogP contribution in [0.3, 0.4) is 0 Å². The Kier molecular flexibility index (Phi) is 2.79. The van der Waals surface area contributed by atoms with Crippen LogP contribution in [0.4, 0.5) is 5.69 Å². The molecule has 1 N–H and O–H groups in total. The fraction of sp³-hybridized carbons (Fsp3) is 0.500. The van der Waals surface area contributed by atoms with Gasteiger partial charge in [0.2, 0.25) is 0 Å². The van der Waals surface area contributed by atoms with Gasteiger partial charge in [-0.2, -0.15) is 0 Å². The molecule has 0 atom stereocenters. The molecular weight excluding hydrogens is 260 g/mol. The van der Waals surface area contributed by atoms with Crippen LogP contribution in [0, 0.1) is 23.0 Å². The van der Waals surface area contributed by atoms with Crippen LogP contribution in [-0.2, 0) is 0 Å². The Labute approximate surface area is 116 Å². The van der Waals surface area contributed by atoms with Gasteiger partial charge >= 0.3 is 0 Å². The summed E-state index contributed by atoms with van der Waals surface area (Å²) in [5.74, 6) is 0.0670. The highest BCUT2D eigenvalue weighted by molar-refractivity contribution is 5.95. The van der Waals surface area contributed by atoms with Crippen molar-refractivity contribution in [1.29, 1.82) is 0 Å². The number of nitro benzene ring substituents is 1. The highest BCUT2D eigenvalue weighted by Crippen LogP contribution is 2.44. The number of aryl methyl sites for hydroxylation is 1. The smallest absolute Gasteiger partial charge is 0.273 e.